The first-order valence-electron chi connectivity index (χ1n) is 8.15. The van der Waals surface area contributed by atoms with Gasteiger partial charge in [-0.15, -0.1) is 0 Å². The van der Waals surface area contributed by atoms with Gasteiger partial charge in [-0.1, -0.05) is 12.2 Å². The van der Waals surface area contributed by atoms with Crippen LogP contribution in [0.15, 0.2) is 39.9 Å². The second-order valence-electron chi connectivity index (χ2n) is 7.10. The van der Waals surface area contributed by atoms with Crippen molar-refractivity contribution in [1.29, 1.82) is 0 Å². The van der Waals surface area contributed by atoms with Crippen molar-refractivity contribution in [2.45, 2.75) is 6.42 Å². The van der Waals surface area contributed by atoms with E-state index in [0.29, 0.717) is 21.9 Å². The molecule has 5 aliphatic rings. The number of rotatable bonds is 2. The summed E-state index contributed by atoms with van der Waals surface area (Å²) in [5, 5.41) is 14.8. The highest BCUT2D eigenvalue weighted by Crippen LogP contribution is 2.65. The molecule has 1 aliphatic heterocycles. The van der Waals surface area contributed by atoms with Crippen molar-refractivity contribution in [2.24, 2.45) is 40.6 Å². The molecular formula is C18H15BrN2O3. The minimum Gasteiger partial charge on any atom is -0.507 e. The zero-order valence-electron chi connectivity index (χ0n) is 12.7. The van der Waals surface area contributed by atoms with Gasteiger partial charge < -0.3 is 5.11 Å². The Balaban J connectivity index is 1.44. The van der Waals surface area contributed by atoms with E-state index in [1.54, 1.807) is 12.1 Å². The van der Waals surface area contributed by atoms with E-state index in [-0.39, 0.29) is 41.2 Å². The highest BCUT2D eigenvalue weighted by atomic mass is 79.9. The van der Waals surface area contributed by atoms with Gasteiger partial charge in [-0.2, -0.15) is 10.1 Å². The predicted molar refractivity (Wildman–Crippen MR) is 90.0 cm³/mol. The number of carbonyl (C=O) groups is 2. The lowest BCUT2D eigenvalue weighted by atomic mass is 9.63. The molecule has 122 valence electrons. The number of hydrazone groups is 1. The van der Waals surface area contributed by atoms with E-state index in [9.17, 15) is 14.7 Å². The summed E-state index contributed by atoms with van der Waals surface area (Å²) in [5.74, 6) is 0.972. The van der Waals surface area contributed by atoms with E-state index in [2.05, 4.69) is 33.2 Å². The molecule has 4 aliphatic carbocycles. The SMILES string of the molecule is O=C1[C@H]2[C@@H]3C=C[C@H]([C@@H]4C[C@H]34)[C@@H]2C(=O)N1/N=C\c1ccc(O)c(Br)c1. The van der Waals surface area contributed by atoms with Crippen LogP contribution in [0, 0.1) is 35.5 Å². The van der Waals surface area contributed by atoms with Crippen LogP contribution in [-0.4, -0.2) is 28.1 Å². The minimum absolute atomic E-state index is 0.133. The Morgan fingerprint density at radius 2 is 1.75 bits per heavy atom. The minimum atomic E-state index is -0.222. The lowest BCUT2D eigenvalue weighted by molar-refractivity contribution is -0.140. The fourth-order valence-electron chi connectivity index (χ4n) is 4.78. The van der Waals surface area contributed by atoms with Crippen molar-refractivity contribution in [3.05, 3.63) is 40.4 Å². The van der Waals surface area contributed by atoms with Gasteiger partial charge >= 0.3 is 0 Å². The van der Waals surface area contributed by atoms with E-state index in [4.69, 9.17) is 0 Å². The van der Waals surface area contributed by atoms with Crippen LogP contribution < -0.4 is 0 Å². The molecule has 0 radical (unpaired) electrons. The fraction of sp³-hybridized carbons (Fsp3) is 0.389. The molecular weight excluding hydrogens is 372 g/mol. The first-order chi connectivity index (χ1) is 11.6. The molecule has 3 fully saturated rings. The Bertz CT molecular complexity index is 798. The highest BCUT2D eigenvalue weighted by molar-refractivity contribution is 9.10. The maximum absolute atomic E-state index is 12.8. The van der Waals surface area contributed by atoms with Crippen molar-refractivity contribution < 1.29 is 14.7 Å². The zero-order chi connectivity index (χ0) is 16.6. The number of hydrogen-bond acceptors (Lipinski definition) is 4. The fourth-order valence-corrected chi connectivity index (χ4v) is 5.18. The number of phenolic OH excluding ortho intramolecular Hbond substituents is 1. The molecule has 0 aromatic heterocycles. The maximum atomic E-state index is 12.8. The van der Waals surface area contributed by atoms with Gasteiger partial charge in [0.2, 0.25) is 0 Å². The summed E-state index contributed by atoms with van der Waals surface area (Å²) in [6.45, 7) is 0. The molecule has 2 saturated carbocycles. The molecule has 0 unspecified atom stereocenters. The molecule has 5 nitrogen and oxygen atoms in total. The van der Waals surface area contributed by atoms with Crippen molar-refractivity contribution in [1.82, 2.24) is 5.01 Å². The summed E-state index contributed by atoms with van der Waals surface area (Å²) in [5.41, 5.74) is 0.707. The Kier molecular flexibility index (Phi) is 2.87. The lowest BCUT2D eigenvalue weighted by Crippen LogP contribution is -2.40. The monoisotopic (exact) mass is 386 g/mol. The van der Waals surface area contributed by atoms with Crippen molar-refractivity contribution in [3.63, 3.8) is 0 Å². The van der Waals surface area contributed by atoms with Gasteiger partial charge in [-0.05, 0) is 69.8 Å². The molecule has 1 aromatic carbocycles. The molecule has 24 heavy (non-hydrogen) atoms. The van der Waals surface area contributed by atoms with Gasteiger partial charge in [0.1, 0.15) is 5.75 Å². The first kappa shape index (κ1) is 14.4. The molecule has 2 bridgehead atoms. The zero-order valence-corrected chi connectivity index (χ0v) is 14.3. The molecule has 6 atom stereocenters. The standard InChI is InChI=1S/C18H15BrN2O3/c19-13-5-8(1-4-14(13)22)7-20-21-17(23)15-9-2-3-10(12-6-11(9)12)16(15)18(21)24/h1-5,7,9-12,15-16,22H,6H2/b20-7-/t9-,10-,11-,12+,15+,16+/m1/s1. The summed E-state index contributed by atoms with van der Waals surface area (Å²) < 4.78 is 0.543. The molecule has 0 spiro atoms. The summed E-state index contributed by atoms with van der Waals surface area (Å²) in [6, 6.07) is 4.91. The average molecular weight is 387 g/mol. The molecule has 6 heteroatoms. The van der Waals surface area contributed by atoms with Gasteiger partial charge in [0.15, 0.2) is 0 Å². The predicted octanol–water partition coefficient (Wildman–Crippen LogP) is 2.54. The molecule has 6 rings (SSSR count). The largest absolute Gasteiger partial charge is 0.507 e. The van der Waals surface area contributed by atoms with Gasteiger partial charge in [0.05, 0.1) is 22.5 Å². The van der Waals surface area contributed by atoms with E-state index >= 15 is 0 Å². The van der Waals surface area contributed by atoms with Gasteiger partial charge in [-0.25, -0.2) is 0 Å². The Morgan fingerprint density at radius 3 is 2.33 bits per heavy atom. The van der Waals surface area contributed by atoms with Crippen molar-refractivity contribution >= 4 is 34.0 Å². The third kappa shape index (κ3) is 1.83. The maximum Gasteiger partial charge on any atom is 0.254 e. The second kappa shape index (κ2) is 4.79. The lowest BCUT2D eigenvalue weighted by Gasteiger charge is -2.37. The third-order valence-corrected chi connectivity index (χ3v) is 6.57. The van der Waals surface area contributed by atoms with E-state index in [1.165, 1.54) is 12.3 Å². The van der Waals surface area contributed by atoms with E-state index in [1.807, 2.05) is 0 Å². The van der Waals surface area contributed by atoms with Crippen LogP contribution in [0.5, 0.6) is 5.75 Å². The molecule has 1 aromatic rings. The summed E-state index contributed by atoms with van der Waals surface area (Å²) in [6.07, 6.45) is 6.94. The topological polar surface area (TPSA) is 70.0 Å². The van der Waals surface area contributed by atoms with Gasteiger partial charge in [0.25, 0.3) is 11.8 Å². The number of hydrogen-bond donors (Lipinski definition) is 1. The number of halogens is 1. The summed E-state index contributed by atoms with van der Waals surface area (Å²) in [7, 11) is 0. The number of amides is 2. The first-order valence-corrected chi connectivity index (χ1v) is 8.94. The van der Waals surface area contributed by atoms with Gasteiger partial charge in [0, 0.05) is 0 Å². The molecule has 1 N–H and O–H groups in total. The summed E-state index contributed by atoms with van der Waals surface area (Å²) in [4.78, 5) is 25.5. The quantitative estimate of drug-likeness (QED) is 0.482. The number of imide groups is 1. The van der Waals surface area contributed by atoms with Gasteiger partial charge in [-0.3, -0.25) is 9.59 Å². The molecule has 1 heterocycles. The Morgan fingerprint density at radius 1 is 1.12 bits per heavy atom. The number of nitrogens with zero attached hydrogens (tertiary/aromatic N) is 2. The number of benzene rings is 1. The second-order valence-corrected chi connectivity index (χ2v) is 7.95. The highest BCUT2D eigenvalue weighted by Gasteiger charge is 2.67. The number of aromatic hydroxyl groups is 1. The van der Waals surface area contributed by atoms with Crippen LogP contribution in [0.3, 0.4) is 0 Å². The molecule has 2 amide bonds. The third-order valence-electron chi connectivity index (χ3n) is 5.93. The van der Waals surface area contributed by atoms with Crippen LogP contribution in [0.25, 0.3) is 0 Å². The molecule has 1 saturated heterocycles. The number of allylic oxidation sites excluding steroid dienone is 2. The summed E-state index contributed by atoms with van der Waals surface area (Å²) >= 11 is 3.24. The smallest absolute Gasteiger partial charge is 0.254 e. The van der Waals surface area contributed by atoms with Crippen molar-refractivity contribution in [3.8, 4) is 5.75 Å². The van der Waals surface area contributed by atoms with Crippen LogP contribution in [0.2, 0.25) is 0 Å². The number of carbonyl (C=O) groups excluding carboxylic acids is 2. The number of phenols is 1. The van der Waals surface area contributed by atoms with Crippen LogP contribution in [-0.2, 0) is 9.59 Å². The van der Waals surface area contributed by atoms with Crippen LogP contribution in [0.1, 0.15) is 12.0 Å². The van der Waals surface area contributed by atoms with E-state index in [0.717, 1.165) is 11.4 Å². The van der Waals surface area contributed by atoms with Crippen molar-refractivity contribution in [2.75, 3.05) is 0 Å². The Labute approximate surface area is 147 Å². The normalized spacial score (nSPS) is 38.8. The van der Waals surface area contributed by atoms with Crippen LogP contribution >= 0.6 is 15.9 Å². The average Bonchev–Trinajstić information content (AvgIpc) is 3.35. The van der Waals surface area contributed by atoms with Crippen LogP contribution in [0.4, 0.5) is 0 Å². The van der Waals surface area contributed by atoms with E-state index < -0.39 is 0 Å². The Hall–Kier alpha value is -1.95.